The van der Waals surface area contributed by atoms with Crippen LogP contribution < -0.4 is 5.32 Å². The van der Waals surface area contributed by atoms with Crippen LogP contribution in [-0.4, -0.2) is 23.9 Å². The van der Waals surface area contributed by atoms with Crippen LogP contribution in [0.2, 0.25) is 0 Å². The van der Waals surface area contributed by atoms with Gasteiger partial charge in [-0.05, 0) is 19.8 Å². The van der Waals surface area contributed by atoms with Gasteiger partial charge in [0.05, 0.1) is 12.6 Å². The normalized spacial score (nSPS) is 26.0. The fraction of sp³-hybridized carbons (Fsp3) is 0.562. The largest absolute Gasteiger partial charge is 0.371 e. The summed E-state index contributed by atoms with van der Waals surface area (Å²) in [6.07, 6.45) is 1.91. The van der Waals surface area contributed by atoms with E-state index in [1.54, 1.807) is 6.92 Å². The molecule has 110 valence electrons. The van der Waals surface area contributed by atoms with Gasteiger partial charge in [0.2, 0.25) is 5.91 Å². The first kappa shape index (κ1) is 15.1. The number of nitrogens with zero attached hydrogens (tertiary/aromatic N) is 3. The molecular formula is C16H20N4O. The van der Waals surface area contributed by atoms with Gasteiger partial charge in [0.15, 0.2) is 5.70 Å². The predicted octanol–water partition coefficient (Wildman–Crippen LogP) is 2.41. The minimum Gasteiger partial charge on any atom is -0.371 e. The lowest BCUT2D eigenvalue weighted by molar-refractivity contribution is -0.130. The Morgan fingerprint density at radius 3 is 2.86 bits per heavy atom. The van der Waals surface area contributed by atoms with E-state index in [4.69, 9.17) is 6.57 Å². The van der Waals surface area contributed by atoms with E-state index in [0.29, 0.717) is 17.8 Å². The average molecular weight is 284 g/mol. The van der Waals surface area contributed by atoms with Crippen LogP contribution in [0.15, 0.2) is 22.7 Å². The quantitative estimate of drug-likeness (QED) is 0.752. The summed E-state index contributed by atoms with van der Waals surface area (Å²) in [6.45, 7) is 14.3. The molecule has 0 bridgehead atoms. The molecule has 2 aliphatic heterocycles. The highest BCUT2D eigenvalue weighted by Gasteiger charge is 2.32. The number of carbonyl (C=O) groups excluding carboxylic acids is 1. The third kappa shape index (κ3) is 2.78. The molecule has 1 amide bonds. The van der Waals surface area contributed by atoms with Gasteiger partial charge < -0.3 is 10.2 Å². The van der Waals surface area contributed by atoms with Crippen molar-refractivity contribution in [3.05, 3.63) is 34.1 Å². The summed E-state index contributed by atoms with van der Waals surface area (Å²) in [5, 5.41) is 12.5. The van der Waals surface area contributed by atoms with Crippen LogP contribution in [-0.2, 0) is 4.79 Å². The van der Waals surface area contributed by atoms with Crippen LogP contribution in [0.5, 0.6) is 0 Å². The predicted molar refractivity (Wildman–Crippen MR) is 79.2 cm³/mol. The van der Waals surface area contributed by atoms with Crippen LogP contribution >= 0.6 is 0 Å². The first-order valence-corrected chi connectivity index (χ1v) is 7.24. The number of dihydropyridines is 1. The monoisotopic (exact) mass is 284 g/mol. The Hall–Kier alpha value is -2.27. The number of allylic oxidation sites excluding steroid dienone is 2. The summed E-state index contributed by atoms with van der Waals surface area (Å²) in [6, 6.07) is 2.19. The molecule has 2 atom stereocenters. The highest BCUT2D eigenvalue weighted by atomic mass is 16.2. The lowest BCUT2D eigenvalue weighted by Gasteiger charge is -2.36. The SMILES string of the molecule is [C-]#[N+]C1=C(C2CCCN(C(C)=O)C2)NC(C)=C(C#N)[C@H]1C. The maximum absolute atomic E-state index is 11.6. The molecule has 0 aromatic rings. The summed E-state index contributed by atoms with van der Waals surface area (Å²) in [5.74, 6) is 0.0688. The fourth-order valence-electron chi connectivity index (χ4n) is 3.18. The second kappa shape index (κ2) is 6.01. The number of nitrogens with one attached hydrogen (secondary N) is 1. The minimum absolute atomic E-state index is 0.0819. The van der Waals surface area contributed by atoms with Crippen molar-refractivity contribution in [1.29, 1.82) is 5.26 Å². The lowest BCUT2D eigenvalue weighted by Crippen LogP contribution is -2.42. The second-order valence-electron chi connectivity index (χ2n) is 5.71. The summed E-state index contributed by atoms with van der Waals surface area (Å²) in [5.41, 5.74) is 2.98. The van der Waals surface area contributed by atoms with Crippen LogP contribution in [0.3, 0.4) is 0 Å². The Kier molecular flexibility index (Phi) is 4.33. The van der Waals surface area contributed by atoms with Gasteiger partial charge in [0.1, 0.15) is 0 Å². The molecule has 2 heterocycles. The number of hydrogen-bond donors (Lipinski definition) is 1. The molecule has 0 aliphatic carbocycles. The van der Waals surface area contributed by atoms with Crippen molar-refractivity contribution in [3.8, 4) is 6.07 Å². The smallest absolute Gasteiger partial charge is 0.219 e. The topological polar surface area (TPSA) is 60.5 Å². The van der Waals surface area contributed by atoms with Crippen molar-refractivity contribution < 1.29 is 4.79 Å². The average Bonchev–Trinajstić information content (AvgIpc) is 2.47. The Morgan fingerprint density at radius 2 is 2.29 bits per heavy atom. The van der Waals surface area contributed by atoms with Gasteiger partial charge in [0, 0.05) is 48.8 Å². The molecule has 21 heavy (non-hydrogen) atoms. The van der Waals surface area contributed by atoms with E-state index in [9.17, 15) is 10.1 Å². The summed E-state index contributed by atoms with van der Waals surface area (Å²) < 4.78 is 0. The van der Waals surface area contributed by atoms with E-state index >= 15 is 0 Å². The van der Waals surface area contributed by atoms with E-state index in [2.05, 4.69) is 16.2 Å². The Balaban J connectivity index is 2.32. The van der Waals surface area contributed by atoms with Crippen molar-refractivity contribution in [2.45, 2.75) is 33.6 Å². The van der Waals surface area contributed by atoms with Crippen LogP contribution in [0, 0.1) is 29.7 Å². The van der Waals surface area contributed by atoms with E-state index in [1.165, 1.54) is 0 Å². The van der Waals surface area contributed by atoms with Gasteiger partial charge in [0.25, 0.3) is 0 Å². The number of piperidine rings is 1. The summed E-state index contributed by atoms with van der Waals surface area (Å²) in [7, 11) is 0. The van der Waals surface area contributed by atoms with Crippen molar-refractivity contribution in [2.75, 3.05) is 13.1 Å². The van der Waals surface area contributed by atoms with Crippen molar-refractivity contribution in [2.24, 2.45) is 11.8 Å². The zero-order chi connectivity index (χ0) is 15.6. The Morgan fingerprint density at radius 1 is 1.57 bits per heavy atom. The number of hydrogen-bond acceptors (Lipinski definition) is 3. The first-order valence-electron chi connectivity index (χ1n) is 7.24. The number of amides is 1. The molecule has 0 spiro atoms. The maximum Gasteiger partial charge on any atom is 0.219 e. The summed E-state index contributed by atoms with van der Waals surface area (Å²) in [4.78, 5) is 17.1. The number of rotatable bonds is 1. The minimum atomic E-state index is -0.170. The summed E-state index contributed by atoms with van der Waals surface area (Å²) >= 11 is 0. The highest BCUT2D eigenvalue weighted by molar-refractivity contribution is 5.73. The molecule has 0 radical (unpaired) electrons. The van der Waals surface area contributed by atoms with Gasteiger partial charge in [-0.2, -0.15) is 5.26 Å². The molecule has 1 unspecified atom stereocenters. The van der Waals surface area contributed by atoms with Crippen LogP contribution in [0.4, 0.5) is 0 Å². The third-order valence-corrected chi connectivity index (χ3v) is 4.36. The Bertz CT molecular complexity index is 603. The molecule has 1 fully saturated rings. The zero-order valence-corrected chi connectivity index (χ0v) is 12.7. The molecular weight excluding hydrogens is 264 g/mol. The number of nitriles is 1. The molecule has 2 aliphatic rings. The number of carbonyl (C=O) groups is 1. The molecule has 1 N–H and O–H groups in total. The van der Waals surface area contributed by atoms with E-state index < -0.39 is 0 Å². The first-order chi connectivity index (χ1) is 9.99. The lowest BCUT2D eigenvalue weighted by atomic mass is 9.85. The maximum atomic E-state index is 11.6. The highest BCUT2D eigenvalue weighted by Crippen LogP contribution is 2.35. The van der Waals surface area contributed by atoms with Gasteiger partial charge in [-0.1, -0.05) is 6.92 Å². The fourth-order valence-corrected chi connectivity index (χ4v) is 3.18. The van der Waals surface area contributed by atoms with Gasteiger partial charge in [-0.15, -0.1) is 0 Å². The van der Waals surface area contributed by atoms with E-state index in [-0.39, 0.29) is 17.7 Å². The molecule has 2 rings (SSSR count). The van der Waals surface area contributed by atoms with Crippen molar-refractivity contribution in [3.63, 3.8) is 0 Å². The molecule has 0 aromatic heterocycles. The van der Waals surface area contributed by atoms with Crippen LogP contribution in [0.1, 0.15) is 33.6 Å². The molecule has 5 heteroatoms. The van der Waals surface area contributed by atoms with Crippen LogP contribution in [0.25, 0.3) is 4.85 Å². The molecule has 1 saturated heterocycles. The molecule has 5 nitrogen and oxygen atoms in total. The van der Waals surface area contributed by atoms with Crippen molar-refractivity contribution >= 4 is 5.91 Å². The third-order valence-electron chi connectivity index (χ3n) is 4.36. The number of likely N-dealkylation sites (tertiary alicyclic amines) is 1. The Labute approximate surface area is 125 Å². The standard InChI is InChI=1S/C16H20N4O/c1-10-14(8-17)11(2)19-16(15(10)18-4)13-6-5-7-20(9-13)12(3)21/h10,13,19H,5-7,9H2,1-3H3/t10-,13?/m1/s1. The van der Waals surface area contributed by atoms with Crippen molar-refractivity contribution in [1.82, 2.24) is 10.2 Å². The van der Waals surface area contributed by atoms with Gasteiger partial charge in [-0.25, -0.2) is 4.85 Å². The zero-order valence-electron chi connectivity index (χ0n) is 12.7. The molecule has 0 saturated carbocycles. The van der Waals surface area contributed by atoms with Gasteiger partial charge >= 0.3 is 0 Å². The van der Waals surface area contributed by atoms with E-state index in [0.717, 1.165) is 30.8 Å². The van der Waals surface area contributed by atoms with Gasteiger partial charge in [-0.3, -0.25) is 4.79 Å². The molecule has 0 aromatic carbocycles. The van der Waals surface area contributed by atoms with E-state index in [1.807, 2.05) is 18.7 Å². The second-order valence-corrected chi connectivity index (χ2v) is 5.71.